The SMILES string of the molecule is C=COCC#CC1CC1C. The molecule has 1 heteroatoms. The summed E-state index contributed by atoms with van der Waals surface area (Å²) in [5.41, 5.74) is 0. The zero-order valence-corrected chi connectivity index (χ0v) is 6.26. The predicted molar refractivity (Wildman–Crippen MR) is 41.2 cm³/mol. The Bertz CT molecular complexity index is 173. The second kappa shape index (κ2) is 3.31. The van der Waals surface area contributed by atoms with Gasteiger partial charge in [0.05, 0.1) is 6.26 Å². The van der Waals surface area contributed by atoms with Crippen molar-refractivity contribution >= 4 is 0 Å². The zero-order valence-electron chi connectivity index (χ0n) is 6.26. The van der Waals surface area contributed by atoms with Gasteiger partial charge in [-0.3, -0.25) is 0 Å². The standard InChI is InChI=1S/C9H12O/c1-3-10-6-4-5-9-7-8(9)2/h3,8-9H,1,6-7H2,2H3. The van der Waals surface area contributed by atoms with Crippen molar-refractivity contribution in [3.05, 3.63) is 12.8 Å². The lowest BCUT2D eigenvalue weighted by Gasteiger charge is -1.86. The van der Waals surface area contributed by atoms with Gasteiger partial charge in [0, 0.05) is 5.92 Å². The minimum absolute atomic E-state index is 0.493. The first-order valence-electron chi connectivity index (χ1n) is 3.55. The quantitative estimate of drug-likeness (QED) is 0.319. The molecule has 1 nitrogen and oxygen atoms in total. The molecule has 1 aliphatic carbocycles. The summed E-state index contributed by atoms with van der Waals surface area (Å²) in [5, 5.41) is 0. The first kappa shape index (κ1) is 7.21. The highest BCUT2D eigenvalue weighted by atomic mass is 16.5. The average molecular weight is 136 g/mol. The highest BCUT2D eigenvalue weighted by molar-refractivity contribution is 5.12. The van der Waals surface area contributed by atoms with Crippen molar-refractivity contribution in [1.82, 2.24) is 0 Å². The normalized spacial score (nSPS) is 28.1. The third kappa shape index (κ3) is 2.14. The molecule has 1 rings (SSSR count). The van der Waals surface area contributed by atoms with Crippen LogP contribution in [0.4, 0.5) is 0 Å². The van der Waals surface area contributed by atoms with Gasteiger partial charge in [0.15, 0.2) is 0 Å². The maximum atomic E-state index is 4.84. The third-order valence-electron chi connectivity index (χ3n) is 1.67. The van der Waals surface area contributed by atoms with Crippen LogP contribution in [0.3, 0.4) is 0 Å². The molecule has 0 bridgehead atoms. The first-order chi connectivity index (χ1) is 4.84. The van der Waals surface area contributed by atoms with Crippen molar-refractivity contribution in [3.63, 3.8) is 0 Å². The van der Waals surface area contributed by atoms with E-state index in [9.17, 15) is 0 Å². The van der Waals surface area contributed by atoms with Crippen molar-refractivity contribution in [2.24, 2.45) is 11.8 Å². The summed E-state index contributed by atoms with van der Waals surface area (Å²) in [4.78, 5) is 0. The lowest BCUT2D eigenvalue weighted by atomic mass is 10.3. The molecule has 10 heavy (non-hydrogen) atoms. The molecule has 2 atom stereocenters. The Kier molecular flexibility index (Phi) is 2.39. The largest absolute Gasteiger partial charge is 0.489 e. The molecule has 54 valence electrons. The third-order valence-corrected chi connectivity index (χ3v) is 1.67. The van der Waals surface area contributed by atoms with Crippen LogP contribution in [-0.2, 0) is 4.74 Å². The Balaban J connectivity index is 2.08. The highest BCUT2D eigenvalue weighted by Gasteiger charge is 2.30. The van der Waals surface area contributed by atoms with Gasteiger partial charge in [0.25, 0.3) is 0 Å². The minimum atomic E-state index is 0.493. The van der Waals surface area contributed by atoms with E-state index < -0.39 is 0 Å². The summed E-state index contributed by atoms with van der Waals surface area (Å²) in [6.45, 7) is 6.13. The molecule has 0 aliphatic heterocycles. The topological polar surface area (TPSA) is 9.23 Å². The number of hydrogen-bond donors (Lipinski definition) is 0. The van der Waals surface area contributed by atoms with Crippen LogP contribution in [0.5, 0.6) is 0 Å². The maximum Gasteiger partial charge on any atom is 0.148 e. The fourth-order valence-electron chi connectivity index (χ4n) is 0.797. The molecule has 0 amide bonds. The fraction of sp³-hybridized carbons (Fsp3) is 0.556. The van der Waals surface area contributed by atoms with E-state index in [1.54, 1.807) is 0 Å². The van der Waals surface area contributed by atoms with Crippen LogP contribution < -0.4 is 0 Å². The Morgan fingerprint density at radius 2 is 2.50 bits per heavy atom. The van der Waals surface area contributed by atoms with E-state index in [1.165, 1.54) is 12.7 Å². The molecule has 1 saturated carbocycles. The first-order valence-corrected chi connectivity index (χ1v) is 3.55. The summed E-state index contributed by atoms with van der Waals surface area (Å²) < 4.78 is 4.84. The molecule has 0 saturated heterocycles. The van der Waals surface area contributed by atoms with Crippen LogP contribution in [0.25, 0.3) is 0 Å². The van der Waals surface area contributed by atoms with E-state index in [0.717, 1.165) is 5.92 Å². The monoisotopic (exact) mass is 136 g/mol. The molecule has 0 aromatic carbocycles. The summed E-state index contributed by atoms with van der Waals surface area (Å²) in [7, 11) is 0. The molecule has 0 N–H and O–H groups in total. The Hall–Kier alpha value is -0.900. The van der Waals surface area contributed by atoms with Crippen molar-refractivity contribution < 1.29 is 4.74 Å². The van der Waals surface area contributed by atoms with Crippen molar-refractivity contribution in [2.45, 2.75) is 13.3 Å². The molecule has 0 aromatic rings. The van der Waals surface area contributed by atoms with Gasteiger partial charge in [-0.05, 0) is 12.3 Å². The number of rotatable bonds is 2. The summed E-state index contributed by atoms with van der Waals surface area (Å²) >= 11 is 0. The zero-order chi connectivity index (χ0) is 7.40. The van der Waals surface area contributed by atoms with E-state index in [0.29, 0.717) is 12.5 Å². The summed E-state index contributed by atoms with van der Waals surface area (Å²) in [6.07, 6.45) is 2.69. The van der Waals surface area contributed by atoms with Gasteiger partial charge in [-0.2, -0.15) is 0 Å². The van der Waals surface area contributed by atoms with Crippen LogP contribution in [0.1, 0.15) is 13.3 Å². The molecular formula is C9H12O. The highest BCUT2D eigenvalue weighted by Crippen LogP contribution is 2.36. The summed E-state index contributed by atoms with van der Waals surface area (Å²) in [6, 6.07) is 0. The van der Waals surface area contributed by atoms with Gasteiger partial charge in [-0.1, -0.05) is 25.3 Å². The van der Waals surface area contributed by atoms with Gasteiger partial charge in [-0.15, -0.1) is 0 Å². The lowest BCUT2D eigenvalue weighted by molar-refractivity contribution is 0.297. The van der Waals surface area contributed by atoms with Crippen LogP contribution in [0.15, 0.2) is 12.8 Å². The van der Waals surface area contributed by atoms with Crippen LogP contribution in [0, 0.1) is 23.7 Å². The Morgan fingerprint density at radius 3 is 3.00 bits per heavy atom. The van der Waals surface area contributed by atoms with Crippen LogP contribution in [0.2, 0.25) is 0 Å². The van der Waals surface area contributed by atoms with Crippen molar-refractivity contribution in [1.29, 1.82) is 0 Å². The molecule has 1 fully saturated rings. The van der Waals surface area contributed by atoms with Crippen LogP contribution in [-0.4, -0.2) is 6.61 Å². The van der Waals surface area contributed by atoms with Crippen LogP contribution >= 0.6 is 0 Å². The van der Waals surface area contributed by atoms with E-state index >= 15 is 0 Å². The van der Waals surface area contributed by atoms with Gasteiger partial charge < -0.3 is 4.74 Å². The Morgan fingerprint density at radius 1 is 1.80 bits per heavy atom. The predicted octanol–water partition coefficient (Wildman–Crippen LogP) is 1.81. The average Bonchev–Trinajstić information content (AvgIpc) is 2.60. The van der Waals surface area contributed by atoms with E-state index in [-0.39, 0.29) is 0 Å². The number of ether oxygens (including phenoxy) is 1. The number of hydrogen-bond acceptors (Lipinski definition) is 1. The molecule has 1 aliphatic rings. The summed E-state index contributed by atoms with van der Waals surface area (Å²) in [5.74, 6) is 7.52. The van der Waals surface area contributed by atoms with Crippen molar-refractivity contribution in [3.8, 4) is 11.8 Å². The van der Waals surface area contributed by atoms with E-state index in [2.05, 4.69) is 25.3 Å². The van der Waals surface area contributed by atoms with Gasteiger partial charge in [0.1, 0.15) is 6.61 Å². The van der Waals surface area contributed by atoms with Crippen molar-refractivity contribution in [2.75, 3.05) is 6.61 Å². The Labute approximate surface area is 62.1 Å². The van der Waals surface area contributed by atoms with Gasteiger partial charge >= 0.3 is 0 Å². The van der Waals surface area contributed by atoms with E-state index in [1.807, 2.05) is 0 Å². The lowest BCUT2D eigenvalue weighted by Crippen LogP contribution is -1.80. The second-order valence-corrected chi connectivity index (χ2v) is 2.62. The van der Waals surface area contributed by atoms with Gasteiger partial charge in [0.2, 0.25) is 0 Å². The molecule has 0 spiro atoms. The molecular weight excluding hydrogens is 124 g/mol. The smallest absolute Gasteiger partial charge is 0.148 e. The maximum absolute atomic E-state index is 4.84. The van der Waals surface area contributed by atoms with E-state index in [4.69, 9.17) is 4.74 Å². The fourth-order valence-corrected chi connectivity index (χ4v) is 0.797. The molecule has 2 unspecified atom stereocenters. The molecule has 0 heterocycles. The van der Waals surface area contributed by atoms with Gasteiger partial charge in [-0.25, -0.2) is 0 Å². The molecule has 0 radical (unpaired) electrons. The minimum Gasteiger partial charge on any atom is -0.489 e. The molecule has 0 aromatic heterocycles. The second-order valence-electron chi connectivity index (χ2n) is 2.62.